The Morgan fingerprint density at radius 3 is 3.00 bits per heavy atom. The summed E-state index contributed by atoms with van der Waals surface area (Å²) >= 11 is 0. The zero-order chi connectivity index (χ0) is 7.84. The minimum absolute atomic E-state index is 0.708. The minimum atomic E-state index is 0.708. The highest BCUT2D eigenvalue weighted by Crippen LogP contribution is 2.23. The van der Waals surface area contributed by atoms with E-state index in [1.807, 2.05) is 25.1 Å². The third-order valence-corrected chi connectivity index (χ3v) is 1.76. The Hall–Kier alpha value is -1.44. The van der Waals surface area contributed by atoms with Crippen molar-refractivity contribution in [2.75, 3.05) is 5.73 Å². The van der Waals surface area contributed by atoms with Gasteiger partial charge in [-0.05, 0) is 24.6 Å². The molecule has 0 saturated carbocycles. The van der Waals surface area contributed by atoms with Crippen LogP contribution in [0.1, 0.15) is 5.56 Å². The molecule has 1 aromatic carbocycles. The predicted octanol–water partition coefficient (Wildman–Crippen LogP) is 2.32. The first-order valence-electron chi connectivity index (χ1n) is 3.51. The van der Waals surface area contributed by atoms with Gasteiger partial charge in [0.05, 0.1) is 5.69 Å². The van der Waals surface area contributed by atoms with E-state index in [2.05, 4.69) is 0 Å². The van der Waals surface area contributed by atoms with E-state index in [-0.39, 0.29) is 0 Å². The summed E-state index contributed by atoms with van der Waals surface area (Å²) in [5.74, 6) is 0. The summed E-state index contributed by atoms with van der Waals surface area (Å²) in [6.07, 6.45) is 1.57. The molecule has 0 aliphatic heterocycles. The first kappa shape index (κ1) is 6.28. The Labute approximate surface area is 64.6 Å². The molecule has 0 spiro atoms. The highest BCUT2D eigenvalue weighted by Gasteiger charge is 2.00. The highest BCUT2D eigenvalue weighted by molar-refractivity contribution is 5.89. The molecule has 2 N–H and O–H groups in total. The third-order valence-electron chi connectivity index (χ3n) is 1.76. The predicted molar refractivity (Wildman–Crippen MR) is 45.4 cm³/mol. The number of nitrogen functional groups attached to an aromatic ring is 1. The smallest absolute Gasteiger partial charge is 0.136 e. The number of anilines is 1. The summed E-state index contributed by atoms with van der Waals surface area (Å²) in [7, 11) is 0. The lowest BCUT2D eigenvalue weighted by Crippen LogP contribution is -1.79. The number of hydrogen-bond donors (Lipinski definition) is 1. The number of hydrogen-bond acceptors (Lipinski definition) is 2. The molecule has 0 aliphatic rings. The third kappa shape index (κ3) is 0.871. The van der Waals surface area contributed by atoms with E-state index in [0.29, 0.717) is 5.69 Å². The highest BCUT2D eigenvalue weighted by atomic mass is 16.3. The van der Waals surface area contributed by atoms with Crippen molar-refractivity contribution in [1.29, 1.82) is 0 Å². The Morgan fingerprint density at radius 2 is 2.18 bits per heavy atom. The van der Waals surface area contributed by atoms with Crippen LogP contribution in [-0.4, -0.2) is 0 Å². The van der Waals surface area contributed by atoms with Crippen molar-refractivity contribution in [3.05, 3.63) is 30.0 Å². The summed E-state index contributed by atoms with van der Waals surface area (Å²) in [5.41, 5.74) is 8.39. The molecule has 0 amide bonds. The Morgan fingerprint density at radius 1 is 1.36 bits per heavy atom. The van der Waals surface area contributed by atoms with E-state index < -0.39 is 0 Å². The molecule has 2 nitrogen and oxygen atoms in total. The number of furan rings is 1. The molecule has 0 fully saturated rings. The van der Waals surface area contributed by atoms with Gasteiger partial charge in [0.15, 0.2) is 0 Å². The summed E-state index contributed by atoms with van der Waals surface area (Å²) in [6.45, 7) is 2.03. The molecule has 2 aromatic rings. The van der Waals surface area contributed by atoms with Crippen molar-refractivity contribution in [1.82, 2.24) is 0 Å². The molecule has 0 atom stereocenters. The standard InChI is InChI=1S/C9H9NO/c1-6-2-3-7-8(10)5-11-9(7)4-6/h2-5H,10H2,1H3. The minimum Gasteiger partial charge on any atom is -0.462 e. The lowest BCUT2D eigenvalue weighted by molar-refractivity contribution is 0.617. The normalized spacial score (nSPS) is 10.6. The molecule has 0 bridgehead atoms. The fourth-order valence-corrected chi connectivity index (χ4v) is 1.16. The average molecular weight is 147 g/mol. The second-order valence-corrected chi connectivity index (χ2v) is 2.69. The number of fused-ring (bicyclic) bond motifs is 1. The molecule has 2 heteroatoms. The van der Waals surface area contributed by atoms with Crippen LogP contribution < -0.4 is 5.73 Å². The molecule has 2 rings (SSSR count). The van der Waals surface area contributed by atoms with E-state index in [1.54, 1.807) is 6.26 Å². The Balaban J connectivity index is 2.86. The second-order valence-electron chi connectivity index (χ2n) is 2.69. The Bertz CT molecular complexity index is 389. The number of rotatable bonds is 0. The van der Waals surface area contributed by atoms with Crippen LogP contribution in [-0.2, 0) is 0 Å². The maximum atomic E-state index is 5.63. The van der Waals surface area contributed by atoms with Crippen molar-refractivity contribution < 1.29 is 4.42 Å². The largest absolute Gasteiger partial charge is 0.462 e. The zero-order valence-electron chi connectivity index (χ0n) is 6.29. The number of aryl methyl sites for hydroxylation is 1. The number of benzene rings is 1. The van der Waals surface area contributed by atoms with Gasteiger partial charge in [0.25, 0.3) is 0 Å². The summed E-state index contributed by atoms with van der Waals surface area (Å²) in [4.78, 5) is 0. The quantitative estimate of drug-likeness (QED) is 0.621. The molecule has 0 radical (unpaired) electrons. The first-order valence-corrected chi connectivity index (χ1v) is 3.51. The van der Waals surface area contributed by atoms with E-state index >= 15 is 0 Å². The van der Waals surface area contributed by atoms with Gasteiger partial charge in [0.2, 0.25) is 0 Å². The van der Waals surface area contributed by atoms with E-state index in [9.17, 15) is 0 Å². The molecule has 1 aromatic heterocycles. The summed E-state index contributed by atoms with van der Waals surface area (Å²) < 4.78 is 5.20. The van der Waals surface area contributed by atoms with Crippen molar-refractivity contribution in [3.63, 3.8) is 0 Å². The van der Waals surface area contributed by atoms with Crippen LogP contribution in [0, 0.1) is 6.92 Å². The van der Waals surface area contributed by atoms with Gasteiger partial charge in [-0.25, -0.2) is 0 Å². The van der Waals surface area contributed by atoms with Crippen LogP contribution in [0.5, 0.6) is 0 Å². The van der Waals surface area contributed by atoms with Crippen LogP contribution in [0.25, 0.3) is 11.0 Å². The monoisotopic (exact) mass is 147 g/mol. The maximum absolute atomic E-state index is 5.63. The summed E-state index contributed by atoms with van der Waals surface area (Å²) in [6, 6.07) is 5.98. The van der Waals surface area contributed by atoms with Crippen molar-refractivity contribution in [2.45, 2.75) is 6.92 Å². The van der Waals surface area contributed by atoms with Crippen LogP contribution in [0.2, 0.25) is 0 Å². The lowest BCUT2D eigenvalue weighted by Gasteiger charge is -1.90. The molecular weight excluding hydrogens is 138 g/mol. The fourth-order valence-electron chi connectivity index (χ4n) is 1.16. The van der Waals surface area contributed by atoms with Crippen LogP contribution in [0.3, 0.4) is 0 Å². The lowest BCUT2D eigenvalue weighted by atomic mass is 10.2. The molecule has 1 heterocycles. The topological polar surface area (TPSA) is 39.2 Å². The molecule has 0 saturated heterocycles. The Kier molecular flexibility index (Phi) is 1.15. The fraction of sp³-hybridized carbons (Fsp3) is 0.111. The number of nitrogens with two attached hydrogens (primary N) is 1. The van der Waals surface area contributed by atoms with E-state index in [1.165, 1.54) is 5.56 Å². The van der Waals surface area contributed by atoms with Gasteiger partial charge >= 0.3 is 0 Å². The molecule has 56 valence electrons. The average Bonchev–Trinajstić information content (AvgIpc) is 2.32. The molecule has 0 aliphatic carbocycles. The SMILES string of the molecule is Cc1ccc2c(N)coc2c1. The van der Waals surface area contributed by atoms with Gasteiger partial charge in [-0.1, -0.05) is 6.07 Å². The van der Waals surface area contributed by atoms with Gasteiger partial charge in [-0.2, -0.15) is 0 Å². The van der Waals surface area contributed by atoms with Crippen molar-refractivity contribution >= 4 is 16.7 Å². The van der Waals surface area contributed by atoms with Gasteiger partial charge in [0, 0.05) is 5.39 Å². The maximum Gasteiger partial charge on any atom is 0.136 e. The zero-order valence-corrected chi connectivity index (χ0v) is 6.29. The van der Waals surface area contributed by atoms with E-state index in [4.69, 9.17) is 10.2 Å². The first-order chi connectivity index (χ1) is 5.27. The van der Waals surface area contributed by atoms with Crippen molar-refractivity contribution in [2.24, 2.45) is 0 Å². The van der Waals surface area contributed by atoms with Gasteiger partial charge in [0.1, 0.15) is 11.8 Å². The molecule has 0 unspecified atom stereocenters. The summed E-state index contributed by atoms with van der Waals surface area (Å²) in [5, 5.41) is 0.996. The van der Waals surface area contributed by atoms with Crippen LogP contribution in [0.4, 0.5) is 5.69 Å². The second kappa shape index (κ2) is 2.02. The van der Waals surface area contributed by atoms with Gasteiger partial charge in [-0.15, -0.1) is 0 Å². The van der Waals surface area contributed by atoms with Gasteiger partial charge in [-0.3, -0.25) is 0 Å². The molecular formula is C9H9NO. The van der Waals surface area contributed by atoms with Crippen molar-refractivity contribution in [3.8, 4) is 0 Å². The van der Waals surface area contributed by atoms with Crippen LogP contribution in [0.15, 0.2) is 28.9 Å². The van der Waals surface area contributed by atoms with Gasteiger partial charge < -0.3 is 10.2 Å². The molecule has 11 heavy (non-hydrogen) atoms. The van der Waals surface area contributed by atoms with E-state index in [0.717, 1.165) is 11.0 Å². The van der Waals surface area contributed by atoms with Crippen LogP contribution >= 0.6 is 0 Å².